The Balaban J connectivity index is 1.74. The quantitative estimate of drug-likeness (QED) is 0.776. The molecular formula is C21H27N3O4S. The SMILES string of the molecule is COc1ccc(CNC(=O)c2ccc(C)c(S(=O)(=O)N3CCN(C)CC3)c2)cc1. The van der Waals surface area contributed by atoms with Crippen LogP contribution < -0.4 is 10.1 Å². The van der Waals surface area contributed by atoms with E-state index in [2.05, 4.69) is 10.2 Å². The van der Waals surface area contributed by atoms with E-state index in [0.29, 0.717) is 43.9 Å². The highest BCUT2D eigenvalue weighted by molar-refractivity contribution is 7.89. The molecule has 0 spiro atoms. The molecule has 0 saturated carbocycles. The lowest BCUT2D eigenvalue weighted by molar-refractivity contribution is 0.0950. The zero-order valence-electron chi connectivity index (χ0n) is 17.0. The fourth-order valence-electron chi connectivity index (χ4n) is 3.21. The minimum Gasteiger partial charge on any atom is -0.497 e. The number of carbonyl (C=O) groups is 1. The summed E-state index contributed by atoms with van der Waals surface area (Å²) in [5.74, 6) is 0.438. The van der Waals surface area contributed by atoms with Gasteiger partial charge in [-0.25, -0.2) is 8.42 Å². The average Bonchev–Trinajstić information content (AvgIpc) is 2.73. The number of rotatable bonds is 6. The summed E-state index contributed by atoms with van der Waals surface area (Å²) in [5, 5.41) is 2.84. The molecule has 2 aromatic carbocycles. The third kappa shape index (κ3) is 4.95. The van der Waals surface area contributed by atoms with Gasteiger partial charge in [-0.05, 0) is 49.4 Å². The van der Waals surface area contributed by atoms with E-state index in [-0.39, 0.29) is 10.8 Å². The fourth-order valence-corrected chi connectivity index (χ4v) is 4.89. The van der Waals surface area contributed by atoms with Crippen molar-refractivity contribution in [2.45, 2.75) is 18.4 Å². The first kappa shape index (κ1) is 21.3. The lowest BCUT2D eigenvalue weighted by Crippen LogP contribution is -2.47. The lowest BCUT2D eigenvalue weighted by atomic mass is 10.1. The van der Waals surface area contributed by atoms with Crippen molar-refractivity contribution >= 4 is 15.9 Å². The first-order chi connectivity index (χ1) is 13.8. The molecular weight excluding hydrogens is 390 g/mol. The molecule has 1 saturated heterocycles. The number of carbonyl (C=O) groups excluding carboxylic acids is 1. The van der Waals surface area contributed by atoms with E-state index in [1.54, 1.807) is 26.2 Å². The van der Waals surface area contributed by atoms with Crippen LogP contribution in [0.5, 0.6) is 5.75 Å². The van der Waals surface area contributed by atoms with Crippen molar-refractivity contribution in [3.05, 3.63) is 59.2 Å². The second-order valence-corrected chi connectivity index (χ2v) is 9.12. The largest absolute Gasteiger partial charge is 0.497 e. The molecule has 7 nitrogen and oxygen atoms in total. The number of likely N-dealkylation sites (N-methyl/N-ethyl adjacent to an activating group) is 1. The first-order valence-corrected chi connectivity index (χ1v) is 11.0. The lowest BCUT2D eigenvalue weighted by Gasteiger charge is -2.32. The maximum Gasteiger partial charge on any atom is 0.251 e. The van der Waals surface area contributed by atoms with Crippen LogP contribution in [-0.2, 0) is 16.6 Å². The fraction of sp³-hybridized carbons (Fsp3) is 0.381. The number of nitrogens with zero attached hydrogens (tertiary/aromatic N) is 2. The van der Waals surface area contributed by atoms with Crippen LogP contribution in [0.3, 0.4) is 0 Å². The normalized spacial score (nSPS) is 15.8. The molecule has 0 atom stereocenters. The Morgan fingerprint density at radius 2 is 1.72 bits per heavy atom. The van der Waals surface area contributed by atoms with Gasteiger partial charge in [-0.1, -0.05) is 18.2 Å². The third-order valence-electron chi connectivity index (χ3n) is 5.14. The Bertz CT molecular complexity index is 966. The molecule has 0 unspecified atom stereocenters. The number of hydrogen-bond donors (Lipinski definition) is 1. The summed E-state index contributed by atoms with van der Waals surface area (Å²) in [6, 6.07) is 12.2. The summed E-state index contributed by atoms with van der Waals surface area (Å²) >= 11 is 0. The molecule has 1 N–H and O–H groups in total. The van der Waals surface area contributed by atoms with Crippen molar-refractivity contribution in [1.82, 2.24) is 14.5 Å². The summed E-state index contributed by atoms with van der Waals surface area (Å²) in [6.45, 7) is 4.39. The van der Waals surface area contributed by atoms with Gasteiger partial charge in [0.25, 0.3) is 5.91 Å². The second-order valence-electron chi connectivity index (χ2n) is 7.22. The zero-order valence-corrected chi connectivity index (χ0v) is 17.8. The van der Waals surface area contributed by atoms with Crippen LogP contribution in [0.15, 0.2) is 47.4 Å². The van der Waals surface area contributed by atoms with Gasteiger partial charge < -0.3 is 15.0 Å². The molecule has 3 rings (SSSR count). The van der Waals surface area contributed by atoms with Gasteiger partial charge in [0.05, 0.1) is 12.0 Å². The van der Waals surface area contributed by atoms with Crippen LogP contribution in [0.25, 0.3) is 0 Å². The molecule has 0 bridgehead atoms. The van der Waals surface area contributed by atoms with E-state index in [9.17, 15) is 13.2 Å². The maximum atomic E-state index is 13.1. The summed E-state index contributed by atoms with van der Waals surface area (Å²) in [5.41, 5.74) is 1.89. The molecule has 1 aliphatic rings. The molecule has 1 heterocycles. The topological polar surface area (TPSA) is 78.9 Å². The van der Waals surface area contributed by atoms with Gasteiger partial charge in [-0.2, -0.15) is 4.31 Å². The van der Waals surface area contributed by atoms with Crippen LogP contribution in [0.1, 0.15) is 21.5 Å². The monoisotopic (exact) mass is 417 g/mol. The number of aryl methyl sites for hydroxylation is 1. The Hall–Kier alpha value is -2.42. The number of piperazine rings is 1. The molecule has 2 aromatic rings. The molecule has 1 aliphatic heterocycles. The molecule has 0 radical (unpaired) electrons. The van der Waals surface area contributed by atoms with Crippen molar-refractivity contribution in [2.24, 2.45) is 0 Å². The van der Waals surface area contributed by atoms with Crippen LogP contribution in [0.2, 0.25) is 0 Å². The van der Waals surface area contributed by atoms with Gasteiger partial charge in [-0.15, -0.1) is 0 Å². The van der Waals surface area contributed by atoms with Crippen molar-refractivity contribution in [2.75, 3.05) is 40.3 Å². The number of benzene rings is 2. The molecule has 0 aromatic heterocycles. The van der Waals surface area contributed by atoms with E-state index < -0.39 is 10.0 Å². The van der Waals surface area contributed by atoms with Gasteiger partial charge in [0, 0.05) is 38.3 Å². The van der Waals surface area contributed by atoms with Crippen LogP contribution in [0.4, 0.5) is 0 Å². The zero-order chi connectivity index (χ0) is 21.0. The minimum absolute atomic E-state index is 0.194. The van der Waals surface area contributed by atoms with E-state index in [0.717, 1.165) is 11.3 Å². The predicted octanol–water partition coefficient (Wildman–Crippen LogP) is 1.87. The Kier molecular flexibility index (Phi) is 6.56. The smallest absolute Gasteiger partial charge is 0.251 e. The predicted molar refractivity (Wildman–Crippen MR) is 112 cm³/mol. The summed E-state index contributed by atoms with van der Waals surface area (Å²) in [4.78, 5) is 14.9. The van der Waals surface area contributed by atoms with Gasteiger partial charge in [0.1, 0.15) is 5.75 Å². The number of amides is 1. The van der Waals surface area contributed by atoms with Crippen molar-refractivity contribution in [3.63, 3.8) is 0 Å². The molecule has 156 valence electrons. The van der Waals surface area contributed by atoms with E-state index in [1.165, 1.54) is 10.4 Å². The highest BCUT2D eigenvalue weighted by Gasteiger charge is 2.29. The summed E-state index contributed by atoms with van der Waals surface area (Å²) in [7, 11) is -0.0598. The Labute approximate surface area is 172 Å². The maximum absolute atomic E-state index is 13.1. The molecule has 8 heteroatoms. The van der Waals surface area contributed by atoms with E-state index in [4.69, 9.17) is 4.74 Å². The third-order valence-corrected chi connectivity index (χ3v) is 7.18. The van der Waals surface area contributed by atoms with Crippen LogP contribution >= 0.6 is 0 Å². The molecule has 0 aliphatic carbocycles. The minimum atomic E-state index is -3.63. The number of ether oxygens (including phenoxy) is 1. The van der Waals surface area contributed by atoms with Crippen LogP contribution in [-0.4, -0.2) is 63.9 Å². The van der Waals surface area contributed by atoms with Gasteiger partial charge in [0.2, 0.25) is 10.0 Å². The Morgan fingerprint density at radius 1 is 1.07 bits per heavy atom. The van der Waals surface area contributed by atoms with Crippen molar-refractivity contribution in [1.29, 1.82) is 0 Å². The van der Waals surface area contributed by atoms with Crippen molar-refractivity contribution in [3.8, 4) is 5.75 Å². The van der Waals surface area contributed by atoms with Gasteiger partial charge in [0.15, 0.2) is 0 Å². The first-order valence-electron chi connectivity index (χ1n) is 9.52. The summed E-state index contributed by atoms with van der Waals surface area (Å²) in [6.07, 6.45) is 0. The number of sulfonamides is 1. The highest BCUT2D eigenvalue weighted by Crippen LogP contribution is 2.22. The second kappa shape index (κ2) is 8.94. The Morgan fingerprint density at radius 3 is 2.34 bits per heavy atom. The standard InChI is InChI=1S/C21H27N3O4S/c1-16-4-7-18(21(25)22-15-17-5-8-19(28-3)9-6-17)14-20(16)29(26,27)24-12-10-23(2)11-13-24/h4-9,14H,10-13,15H2,1-3H3,(H,22,25). The number of methoxy groups -OCH3 is 1. The van der Waals surface area contributed by atoms with Gasteiger partial charge >= 0.3 is 0 Å². The summed E-state index contributed by atoms with van der Waals surface area (Å²) < 4.78 is 32.8. The average molecular weight is 418 g/mol. The molecule has 29 heavy (non-hydrogen) atoms. The highest BCUT2D eigenvalue weighted by atomic mass is 32.2. The molecule has 1 fully saturated rings. The van der Waals surface area contributed by atoms with Gasteiger partial charge in [-0.3, -0.25) is 4.79 Å². The van der Waals surface area contributed by atoms with Crippen LogP contribution in [0, 0.1) is 6.92 Å². The van der Waals surface area contributed by atoms with E-state index >= 15 is 0 Å². The molecule has 1 amide bonds. The number of nitrogens with one attached hydrogen (secondary N) is 1. The van der Waals surface area contributed by atoms with Crippen molar-refractivity contribution < 1.29 is 17.9 Å². The number of hydrogen-bond acceptors (Lipinski definition) is 5. The van der Waals surface area contributed by atoms with E-state index in [1.807, 2.05) is 31.3 Å².